The molecular formula is C35H60O3Si. The molecule has 4 fully saturated rings. The molecule has 0 aliphatic heterocycles. The SMILES string of the molecule is C=C1[C@H](O)CC(=C/C=C2\CCC[C@@]3(C)C2CCC3[C@@H](C)CCCC2(O[Si](CC)(CC)CC)CCCC2)C[C@H]1O. The van der Waals surface area contributed by atoms with Crippen LogP contribution in [0.3, 0.4) is 0 Å². The zero-order valence-corrected chi connectivity index (χ0v) is 27.1. The highest BCUT2D eigenvalue weighted by atomic mass is 28.4. The van der Waals surface area contributed by atoms with Crippen molar-refractivity contribution in [2.45, 2.75) is 160 Å². The standard InChI is InChI=1S/C35H60O3Si/c1-7-39(8-2,9-3)38-35(21-10-11-22-35)23-12-14-26(4)30-18-19-31-29(15-13-20-34(30,31)6)17-16-28-24-32(36)27(5)33(37)25-28/h16-17,26,30-33,36-37H,5,7-15,18-25H2,1-4,6H3/b29-17+/t26-,30?,31?,32+,33+,34+/m0/s1. The second-order valence-corrected chi connectivity index (χ2v) is 19.0. The van der Waals surface area contributed by atoms with Crippen LogP contribution >= 0.6 is 0 Å². The molecule has 2 N–H and O–H groups in total. The summed E-state index contributed by atoms with van der Waals surface area (Å²) in [6.07, 6.45) is 20.4. The van der Waals surface area contributed by atoms with Crippen molar-refractivity contribution in [2.24, 2.45) is 23.2 Å². The first kappa shape index (κ1) is 31.3. The molecule has 6 atom stereocenters. The highest BCUT2D eigenvalue weighted by Gasteiger charge is 2.50. The highest BCUT2D eigenvalue weighted by molar-refractivity contribution is 6.73. The van der Waals surface area contributed by atoms with Crippen LogP contribution in [0, 0.1) is 23.2 Å². The second-order valence-electron chi connectivity index (χ2n) is 14.3. The lowest BCUT2D eigenvalue weighted by molar-refractivity contribution is 0.0455. The third-order valence-electron chi connectivity index (χ3n) is 12.2. The fraction of sp³-hybridized carbons (Fsp3) is 0.829. The third-order valence-corrected chi connectivity index (χ3v) is 16.9. The lowest BCUT2D eigenvalue weighted by atomic mass is 9.60. The fourth-order valence-corrected chi connectivity index (χ4v) is 12.6. The molecule has 4 saturated carbocycles. The van der Waals surface area contributed by atoms with E-state index >= 15 is 0 Å². The maximum Gasteiger partial charge on any atom is 0.192 e. The smallest absolute Gasteiger partial charge is 0.192 e. The van der Waals surface area contributed by atoms with E-state index in [0.717, 1.165) is 17.4 Å². The van der Waals surface area contributed by atoms with E-state index in [1.165, 1.54) is 95.2 Å². The minimum absolute atomic E-state index is 0.191. The molecule has 0 amide bonds. The summed E-state index contributed by atoms with van der Waals surface area (Å²) in [4.78, 5) is 0. The van der Waals surface area contributed by atoms with Crippen molar-refractivity contribution in [3.63, 3.8) is 0 Å². The van der Waals surface area contributed by atoms with Crippen molar-refractivity contribution in [3.8, 4) is 0 Å². The molecule has 0 aromatic rings. The van der Waals surface area contributed by atoms with Crippen molar-refractivity contribution in [1.82, 2.24) is 0 Å². The zero-order chi connectivity index (χ0) is 28.3. The molecule has 0 aromatic carbocycles. The van der Waals surface area contributed by atoms with Crippen LogP contribution in [0.1, 0.15) is 125 Å². The Balaban J connectivity index is 1.37. The number of hydrogen-bond donors (Lipinski definition) is 2. The Labute approximate surface area is 241 Å². The first-order valence-corrected chi connectivity index (χ1v) is 19.3. The molecule has 39 heavy (non-hydrogen) atoms. The van der Waals surface area contributed by atoms with E-state index < -0.39 is 20.5 Å². The summed E-state index contributed by atoms with van der Waals surface area (Å²) < 4.78 is 7.25. The van der Waals surface area contributed by atoms with Crippen molar-refractivity contribution in [1.29, 1.82) is 0 Å². The molecule has 4 rings (SSSR count). The van der Waals surface area contributed by atoms with Gasteiger partial charge in [-0.25, -0.2) is 0 Å². The van der Waals surface area contributed by atoms with Gasteiger partial charge in [-0.2, -0.15) is 0 Å². The molecule has 0 heterocycles. The van der Waals surface area contributed by atoms with E-state index in [2.05, 4.69) is 53.3 Å². The Kier molecular flexibility index (Phi) is 10.5. The van der Waals surface area contributed by atoms with E-state index in [4.69, 9.17) is 4.43 Å². The van der Waals surface area contributed by atoms with E-state index in [-0.39, 0.29) is 5.60 Å². The fourth-order valence-electron chi connectivity index (χ4n) is 9.44. The Bertz CT molecular complexity index is 871. The summed E-state index contributed by atoms with van der Waals surface area (Å²) in [5, 5.41) is 20.5. The molecular weight excluding hydrogens is 496 g/mol. The number of allylic oxidation sites excluding steroid dienone is 3. The quantitative estimate of drug-likeness (QED) is 0.197. The van der Waals surface area contributed by atoms with E-state index in [1.54, 1.807) is 5.57 Å². The van der Waals surface area contributed by atoms with Gasteiger partial charge in [0, 0.05) is 0 Å². The number of fused-ring (bicyclic) bond motifs is 1. The van der Waals surface area contributed by atoms with Gasteiger partial charge in [-0.3, -0.25) is 0 Å². The van der Waals surface area contributed by atoms with E-state index in [9.17, 15) is 10.2 Å². The molecule has 0 saturated heterocycles. The first-order chi connectivity index (χ1) is 18.6. The third kappa shape index (κ3) is 6.71. The lowest BCUT2D eigenvalue weighted by Gasteiger charge is -2.45. The summed E-state index contributed by atoms with van der Waals surface area (Å²) in [5.41, 5.74) is 3.97. The van der Waals surface area contributed by atoms with Crippen molar-refractivity contribution >= 4 is 8.32 Å². The van der Waals surface area contributed by atoms with Gasteiger partial charge in [-0.1, -0.05) is 90.2 Å². The van der Waals surface area contributed by atoms with E-state index in [1.807, 2.05) is 0 Å². The highest BCUT2D eigenvalue weighted by Crippen LogP contribution is 2.60. The van der Waals surface area contributed by atoms with Gasteiger partial charge < -0.3 is 14.6 Å². The Morgan fingerprint density at radius 2 is 1.62 bits per heavy atom. The predicted octanol–water partition coefficient (Wildman–Crippen LogP) is 9.27. The van der Waals surface area contributed by atoms with Crippen LogP contribution in [0.25, 0.3) is 0 Å². The van der Waals surface area contributed by atoms with Crippen LogP contribution in [0.4, 0.5) is 0 Å². The molecule has 0 aromatic heterocycles. The summed E-state index contributed by atoms with van der Waals surface area (Å²) in [6, 6.07) is 3.80. The van der Waals surface area contributed by atoms with Crippen LogP contribution in [0.5, 0.6) is 0 Å². The summed E-state index contributed by atoms with van der Waals surface area (Å²) in [6.45, 7) is 16.2. The Hall–Kier alpha value is -0.683. The van der Waals surface area contributed by atoms with Gasteiger partial charge in [0.05, 0.1) is 17.8 Å². The minimum atomic E-state index is -1.58. The van der Waals surface area contributed by atoms with Gasteiger partial charge in [0.15, 0.2) is 8.32 Å². The number of rotatable bonds is 11. The summed E-state index contributed by atoms with van der Waals surface area (Å²) in [7, 11) is -1.58. The molecule has 222 valence electrons. The molecule has 4 aliphatic carbocycles. The van der Waals surface area contributed by atoms with Gasteiger partial charge >= 0.3 is 0 Å². The average molecular weight is 557 g/mol. The molecule has 4 aliphatic rings. The van der Waals surface area contributed by atoms with Gasteiger partial charge in [0.2, 0.25) is 0 Å². The van der Waals surface area contributed by atoms with Crippen molar-refractivity contribution in [3.05, 3.63) is 35.5 Å². The normalized spacial score (nSPS) is 34.9. The molecule has 3 nitrogen and oxygen atoms in total. The van der Waals surface area contributed by atoms with Crippen molar-refractivity contribution in [2.75, 3.05) is 0 Å². The van der Waals surface area contributed by atoms with Gasteiger partial charge in [-0.05, 0) is 111 Å². The molecule has 4 heteroatoms. The van der Waals surface area contributed by atoms with Gasteiger partial charge in [0.1, 0.15) is 0 Å². The monoisotopic (exact) mass is 556 g/mol. The van der Waals surface area contributed by atoms with Crippen LogP contribution in [-0.4, -0.2) is 36.3 Å². The van der Waals surface area contributed by atoms with Crippen LogP contribution in [0.2, 0.25) is 18.1 Å². The zero-order valence-electron chi connectivity index (χ0n) is 26.1. The molecule has 2 unspecified atom stereocenters. The topological polar surface area (TPSA) is 49.7 Å². The molecule has 0 radical (unpaired) electrons. The Morgan fingerprint density at radius 3 is 2.23 bits per heavy atom. The maximum atomic E-state index is 10.3. The number of hydrogen-bond acceptors (Lipinski definition) is 3. The average Bonchev–Trinajstić information content (AvgIpc) is 3.53. The molecule has 0 bridgehead atoms. The maximum absolute atomic E-state index is 10.3. The Morgan fingerprint density at radius 1 is 0.974 bits per heavy atom. The van der Waals surface area contributed by atoms with E-state index in [0.29, 0.717) is 29.7 Å². The summed E-state index contributed by atoms with van der Waals surface area (Å²) >= 11 is 0. The van der Waals surface area contributed by atoms with Crippen molar-refractivity contribution < 1.29 is 14.6 Å². The van der Waals surface area contributed by atoms with Gasteiger partial charge in [0.25, 0.3) is 0 Å². The lowest BCUT2D eigenvalue weighted by Crippen LogP contribution is -2.46. The summed E-state index contributed by atoms with van der Waals surface area (Å²) in [5.74, 6) is 2.28. The number of aliphatic hydroxyl groups is 2. The number of aliphatic hydroxyl groups excluding tert-OH is 2. The molecule has 0 spiro atoms. The van der Waals surface area contributed by atoms with Crippen LogP contribution in [-0.2, 0) is 4.43 Å². The van der Waals surface area contributed by atoms with Gasteiger partial charge in [-0.15, -0.1) is 0 Å². The second kappa shape index (κ2) is 13.1. The van der Waals surface area contributed by atoms with Crippen LogP contribution < -0.4 is 0 Å². The first-order valence-electron chi connectivity index (χ1n) is 16.7. The largest absolute Gasteiger partial charge is 0.411 e. The predicted molar refractivity (Wildman–Crippen MR) is 167 cm³/mol. The van der Waals surface area contributed by atoms with Crippen LogP contribution in [0.15, 0.2) is 35.5 Å². The minimum Gasteiger partial charge on any atom is -0.411 e.